The first-order valence-corrected chi connectivity index (χ1v) is 22.5. The molecule has 14 aromatic rings. The van der Waals surface area contributed by atoms with Crippen molar-refractivity contribution in [1.29, 1.82) is 0 Å². The summed E-state index contributed by atoms with van der Waals surface area (Å²) in [5, 5.41) is 11.4. The van der Waals surface area contributed by atoms with Crippen LogP contribution in [0.1, 0.15) is 13.8 Å². The molecule has 0 fully saturated rings. The maximum absolute atomic E-state index is 6.40. The van der Waals surface area contributed by atoms with E-state index >= 15 is 0 Å². The lowest BCUT2D eigenvalue weighted by atomic mass is 9.98. The molecule has 0 aliphatic carbocycles. The van der Waals surface area contributed by atoms with Gasteiger partial charge in [0, 0.05) is 74.7 Å². The molecule has 0 saturated carbocycles. The maximum atomic E-state index is 6.40. The number of nitrogens with zero attached hydrogens (tertiary/aromatic N) is 4. The molecule has 0 atom stereocenters. The fourth-order valence-electron chi connectivity index (χ4n) is 9.67. The quantitative estimate of drug-likeness (QED) is 0.177. The summed E-state index contributed by atoms with van der Waals surface area (Å²) in [6.07, 6.45) is 0. The molecule has 0 spiro atoms. The summed E-state index contributed by atoms with van der Waals surface area (Å²) in [4.78, 5) is 16.1. The third kappa shape index (κ3) is 5.41. The van der Waals surface area contributed by atoms with Crippen LogP contribution in [0.15, 0.2) is 191 Å². The van der Waals surface area contributed by atoms with E-state index in [0.717, 1.165) is 82.4 Å². The number of benzene rings is 9. The molecule has 7 heteroatoms. The lowest BCUT2D eigenvalue weighted by Gasteiger charge is -2.13. The largest absolute Gasteiger partial charge is 0.456 e. The van der Waals surface area contributed by atoms with Crippen LogP contribution in [0.3, 0.4) is 0 Å². The Morgan fingerprint density at radius 1 is 0.422 bits per heavy atom. The summed E-state index contributed by atoms with van der Waals surface area (Å²) in [6.45, 7) is 4.00. The van der Waals surface area contributed by atoms with Crippen LogP contribution < -0.4 is 0 Å². The van der Waals surface area contributed by atoms with E-state index in [1.807, 2.05) is 73.7 Å². The van der Waals surface area contributed by atoms with Gasteiger partial charge in [-0.15, -0.1) is 11.3 Å². The van der Waals surface area contributed by atoms with Gasteiger partial charge in [-0.3, -0.25) is 4.57 Å². The lowest BCUT2D eigenvalue weighted by Crippen LogP contribution is -2.07. The predicted octanol–water partition coefficient (Wildman–Crippen LogP) is 16.3. The number of hydrogen-bond donors (Lipinski definition) is 0. The molecule has 6 nitrogen and oxygen atoms in total. The Bertz CT molecular complexity index is 4060. The van der Waals surface area contributed by atoms with Crippen molar-refractivity contribution in [2.45, 2.75) is 13.8 Å². The van der Waals surface area contributed by atoms with Crippen LogP contribution in [-0.4, -0.2) is 19.5 Å². The van der Waals surface area contributed by atoms with Crippen LogP contribution in [0, 0.1) is 0 Å². The van der Waals surface area contributed by atoms with Crippen LogP contribution in [0.2, 0.25) is 0 Å². The van der Waals surface area contributed by atoms with E-state index in [1.54, 1.807) is 0 Å². The highest BCUT2D eigenvalue weighted by Crippen LogP contribution is 2.46. The first-order valence-electron chi connectivity index (χ1n) is 21.7. The van der Waals surface area contributed by atoms with Crippen molar-refractivity contribution in [3.8, 4) is 39.9 Å². The third-order valence-electron chi connectivity index (χ3n) is 12.5. The van der Waals surface area contributed by atoms with Crippen LogP contribution in [0.4, 0.5) is 0 Å². The Morgan fingerprint density at radius 3 is 1.66 bits per heavy atom. The van der Waals surface area contributed by atoms with Gasteiger partial charge in [-0.25, -0.2) is 4.98 Å². The molecule has 0 N–H and O–H groups in total. The number of rotatable bonds is 4. The smallest absolute Gasteiger partial charge is 0.238 e. The molecule has 5 aromatic heterocycles. The van der Waals surface area contributed by atoms with E-state index in [-0.39, 0.29) is 0 Å². The van der Waals surface area contributed by atoms with Gasteiger partial charge in [0.2, 0.25) is 5.95 Å². The van der Waals surface area contributed by atoms with Gasteiger partial charge in [0.15, 0.2) is 11.6 Å². The summed E-state index contributed by atoms with van der Waals surface area (Å²) >= 11 is 1.84. The fourth-order valence-corrected chi connectivity index (χ4v) is 10.9. The van der Waals surface area contributed by atoms with E-state index in [4.69, 9.17) is 23.8 Å². The van der Waals surface area contributed by atoms with E-state index < -0.39 is 0 Å². The molecular weight excluding hydrogens is 805 g/mol. The number of thiophene rings is 1. The number of fused-ring (bicyclic) bond motifs is 14. The van der Waals surface area contributed by atoms with Crippen LogP contribution >= 0.6 is 11.3 Å². The number of aromatic nitrogens is 4. The topological polar surface area (TPSA) is 69.9 Å². The van der Waals surface area contributed by atoms with Crippen LogP contribution in [0.25, 0.3) is 136 Å². The van der Waals surface area contributed by atoms with E-state index in [2.05, 4.69) is 138 Å². The highest BCUT2D eigenvalue weighted by molar-refractivity contribution is 7.26. The molecule has 0 bridgehead atoms. The first kappa shape index (κ1) is 36.5. The third-order valence-corrected chi connectivity index (χ3v) is 13.7. The number of furan rings is 2. The summed E-state index contributed by atoms with van der Waals surface area (Å²) < 4.78 is 17.6. The van der Waals surface area contributed by atoms with Crippen molar-refractivity contribution in [2.75, 3.05) is 0 Å². The monoisotopic (exact) mass is 840 g/mol. The molecule has 0 radical (unpaired) electrons. The molecule has 0 aliphatic heterocycles. The van der Waals surface area contributed by atoms with Crippen molar-refractivity contribution >= 4 is 108 Å². The SMILES string of the molecule is CC.c1ccc2c(c1)ccc1c2c2cccc(-c3cccc4c3sc3ccccc34)c2n1-c1nc(-c2ccc3c(c2)oc2ccccc23)nc(-c2ccc3c(c2)oc2ccccc23)n1. The molecule has 0 aliphatic rings. The number of para-hydroxylation sites is 3. The predicted molar refractivity (Wildman–Crippen MR) is 267 cm³/mol. The summed E-state index contributed by atoms with van der Waals surface area (Å²) in [5.74, 6) is 1.60. The normalized spacial score (nSPS) is 11.9. The average Bonchev–Trinajstić information content (AvgIpc) is 4.13. The van der Waals surface area contributed by atoms with Gasteiger partial charge >= 0.3 is 0 Å². The van der Waals surface area contributed by atoms with Crippen molar-refractivity contribution in [1.82, 2.24) is 19.5 Å². The Hall–Kier alpha value is -8.13. The lowest BCUT2D eigenvalue weighted by molar-refractivity contribution is 0.668. The summed E-state index contributed by atoms with van der Waals surface area (Å²) in [5.41, 5.74) is 9.21. The van der Waals surface area contributed by atoms with E-state index in [9.17, 15) is 0 Å². The molecule has 14 rings (SSSR count). The van der Waals surface area contributed by atoms with Crippen molar-refractivity contribution in [3.63, 3.8) is 0 Å². The van der Waals surface area contributed by atoms with Crippen LogP contribution in [0.5, 0.6) is 0 Å². The van der Waals surface area contributed by atoms with Gasteiger partial charge in [-0.1, -0.05) is 147 Å². The summed E-state index contributed by atoms with van der Waals surface area (Å²) in [6, 6.07) is 63.8. The fraction of sp³-hybridized carbons (Fsp3) is 0.0351. The maximum Gasteiger partial charge on any atom is 0.238 e. The zero-order valence-electron chi connectivity index (χ0n) is 34.8. The van der Waals surface area contributed by atoms with Gasteiger partial charge < -0.3 is 8.83 Å². The van der Waals surface area contributed by atoms with Crippen molar-refractivity contribution in [2.24, 2.45) is 0 Å². The molecular formula is C57H36N4O2S. The second-order valence-corrected chi connectivity index (χ2v) is 17.0. The molecule has 0 amide bonds. The first-order chi connectivity index (χ1) is 31.7. The van der Waals surface area contributed by atoms with Gasteiger partial charge in [0.1, 0.15) is 22.3 Å². The zero-order chi connectivity index (χ0) is 42.5. The Morgan fingerprint density at radius 2 is 0.969 bits per heavy atom. The van der Waals surface area contributed by atoms with Gasteiger partial charge in [0.05, 0.1) is 11.0 Å². The standard InChI is InChI=1S/C55H30N4O2S.C2H6/c1-2-12-34-31(11-1)25-28-44-50(34)43-19-9-16-40(42-18-10-17-41-39-15-5-8-22-49(39)62-52(41)42)51(43)59(44)55-57-53(32-23-26-37-35-13-3-6-20-45(35)60-47(37)29-32)56-54(58-55)33-24-27-38-36-14-4-7-21-46(36)61-48(38)30-33;1-2/h1-30H;1-2H3. The minimum Gasteiger partial charge on any atom is -0.456 e. The van der Waals surface area contributed by atoms with Crippen molar-refractivity contribution in [3.05, 3.63) is 182 Å². The molecule has 0 saturated heterocycles. The summed E-state index contributed by atoms with van der Waals surface area (Å²) in [7, 11) is 0. The highest BCUT2D eigenvalue weighted by atomic mass is 32.1. The van der Waals surface area contributed by atoms with E-state index in [1.165, 1.54) is 36.5 Å². The molecule has 64 heavy (non-hydrogen) atoms. The van der Waals surface area contributed by atoms with Gasteiger partial charge in [-0.05, 0) is 59.3 Å². The number of hydrogen-bond acceptors (Lipinski definition) is 6. The minimum atomic E-state index is 0.519. The average molecular weight is 841 g/mol. The molecule has 5 heterocycles. The van der Waals surface area contributed by atoms with Crippen LogP contribution in [-0.2, 0) is 0 Å². The highest BCUT2D eigenvalue weighted by Gasteiger charge is 2.24. The second-order valence-electron chi connectivity index (χ2n) is 15.9. The van der Waals surface area contributed by atoms with Gasteiger partial charge in [-0.2, -0.15) is 9.97 Å². The molecule has 9 aromatic carbocycles. The minimum absolute atomic E-state index is 0.519. The zero-order valence-corrected chi connectivity index (χ0v) is 35.7. The van der Waals surface area contributed by atoms with Gasteiger partial charge in [0.25, 0.3) is 0 Å². The molecule has 0 unspecified atom stereocenters. The molecule has 302 valence electrons. The Kier molecular flexibility index (Phi) is 8.11. The Labute approximate surface area is 370 Å². The second kappa shape index (κ2) is 14.2. The van der Waals surface area contributed by atoms with E-state index in [0.29, 0.717) is 17.6 Å². The van der Waals surface area contributed by atoms with Crippen molar-refractivity contribution < 1.29 is 8.83 Å². The Balaban J connectivity index is 0.00000204.